The van der Waals surface area contributed by atoms with Gasteiger partial charge in [0, 0.05) is 0 Å². The van der Waals surface area contributed by atoms with Crippen molar-refractivity contribution in [3.05, 3.63) is 82.6 Å². The molecule has 0 saturated carbocycles. The number of nitrogens with one attached hydrogen (secondary N) is 1. The molecule has 1 amide bonds. The fourth-order valence-electron chi connectivity index (χ4n) is 3.68. The normalized spacial score (nSPS) is 15.8. The zero-order valence-electron chi connectivity index (χ0n) is 15.4. The van der Waals surface area contributed by atoms with Crippen LogP contribution in [0.3, 0.4) is 0 Å². The number of ether oxygens (including phenoxy) is 1. The van der Waals surface area contributed by atoms with Crippen LogP contribution in [0.2, 0.25) is 0 Å². The van der Waals surface area contributed by atoms with Crippen molar-refractivity contribution in [3.63, 3.8) is 0 Å². The van der Waals surface area contributed by atoms with Crippen molar-refractivity contribution >= 4 is 38.6 Å². The molecule has 0 radical (unpaired) electrons. The van der Waals surface area contributed by atoms with Crippen molar-refractivity contribution in [1.82, 2.24) is 14.8 Å². The summed E-state index contributed by atoms with van der Waals surface area (Å²) in [5.74, 6) is 1.15. The maximum absolute atomic E-state index is 12.0. The lowest BCUT2D eigenvalue weighted by Crippen LogP contribution is -2.29. The van der Waals surface area contributed by atoms with Gasteiger partial charge < -0.3 is 4.74 Å². The van der Waals surface area contributed by atoms with Gasteiger partial charge in [0.25, 0.3) is 0 Å². The molecule has 144 valence electrons. The maximum Gasteiger partial charge on any atom is 0.229 e. The van der Waals surface area contributed by atoms with Gasteiger partial charge in [-0.3, -0.25) is 10.1 Å². The number of rotatable bonds is 4. The van der Waals surface area contributed by atoms with Gasteiger partial charge in [-0.05, 0) is 50.0 Å². The molecule has 0 bridgehead atoms. The summed E-state index contributed by atoms with van der Waals surface area (Å²) in [4.78, 5) is 16.1. The average Bonchev–Trinajstić information content (AvgIpc) is 3.20. The van der Waals surface area contributed by atoms with Crippen LogP contribution in [0, 0.1) is 0 Å². The van der Waals surface area contributed by atoms with Gasteiger partial charge in [-0.15, -0.1) is 0 Å². The molecule has 1 aliphatic rings. The maximum atomic E-state index is 12.0. The van der Waals surface area contributed by atoms with Crippen LogP contribution in [0.4, 0.5) is 5.95 Å². The Morgan fingerprint density at radius 2 is 2.00 bits per heavy atom. The minimum absolute atomic E-state index is 0.0668. The van der Waals surface area contributed by atoms with Gasteiger partial charge in [0.05, 0.1) is 16.9 Å². The molecule has 5 rings (SSSR count). The second kappa shape index (κ2) is 7.33. The Morgan fingerprint density at radius 1 is 1.14 bits per heavy atom. The van der Waals surface area contributed by atoms with Crippen LogP contribution in [-0.4, -0.2) is 20.7 Å². The molecule has 7 heteroatoms. The first-order valence-corrected chi connectivity index (χ1v) is 10.1. The smallest absolute Gasteiger partial charge is 0.229 e. The molecule has 1 aliphatic heterocycles. The van der Waals surface area contributed by atoms with Gasteiger partial charge in [-0.1, -0.05) is 48.5 Å². The van der Waals surface area contributed by atoms with E-state index in [-0.39, 0.29) is 11.9 Å². The molecule has 0 fully saturated rings. The number of benzene rings is 3. The van der Waals surface area contributed by atoms with Gasteiger partial charge >= 0.3 is 0 Å². The number of carbonyl (C=O) groups excluding carboxylic acids is 1. The lowest BCUT2D eigenvalue weighted by molar-refractivity contribution is -0.117. The number of amides is 1. The van der Waals surface area contributed by atoms with Crippen LogP contribution in [0.1, 0.15) is 23.6 Å². The standard InChI is InChI=1S/C22H17BrN4O2/c23-18-10-15(19-11-21(28)26-22-24-13-25-27(19)22)8-9-20(18)29-12-16-6-3-5-14-4-1-2-7-17(14)16/h1-10,13,19H,11-12H2,(H,24,25,26,28)/t19-/m0/s1. The third-order valence-corrected chi connectivity index (χ3v) is 5.72. The highest BCUT2D eigenvalue weighted by Gasteiger charge is 2.28. The van der Waals surface area contributed by atoms with Crippen LogP contribution in [0.5, 0.6) is 5.75 Å². The Labute approximate surface area is 175 Å². The van der Waals surface area contributed by atoms with Gasteiger partial charge in [-0.25, -0.2) is 4.68 Å². The summed E-state index contributed by atoms with van der Waals surface area (Å²) in [6.07, 6.45) is 1.77. The third-order valence-electron chi connectivity index (χ3n) is 5.10. The van der Waals surface area contributed by atoms with Crippen molar-refractivity contribution in [2.45, 2.75) is 19.1 Å². The number of hydrogen-bond acceptors (Lipinski definition) is 4. The van der Waals surface area contributed by atoms with Crippen molar-refractivity contribution in [1.29, 1.82) is 0 Å². The molecular formula is C22H17BrN4O2. The second-order valence-electron chi connectivity index (χ2n) is 6.91. The quantitative estimate of drug-likeness (QED) is 0.490. The van der Waals surface area contributed by atoms with Gasteiger partial charge in [0.2, 0.25) is 11.9 Å². The van der Waals surface area contributed by atoms with Gasteiger partial charge in [0.1, 0.15) is 18.7 Å². The van der Waals surface area contributed by atoms with E-state index < -0.39 is 0 Å². The summed E-state index contributed by atoms with van der Waals surface area (Å²) < 4.78 is 8.66. The summed E-state index contributed by atoms with van der Waals surface area (Å²) in [5.41, 5.74) is 2.10. The molecule has 1 aromatic heterocycles. The predicted octanol–water partition coefficient (Wildman–Crippen LogP) is 4.70. The van der Waals surface area contributed by atoms with Crippen LogP contribution in [0.25, 0.3) is 10.8 Å². The van der Waals surface area contributed by atoms with Crippen LogP contribution in [-0.2, 0) is 11.4 Å². The van der Waals surface area contributed by atoms with Crippen LogP contribution < -0.4 is 10.1 Å². The van der Waals surface area contributed by atoms with Crippen molar-refractivity contribution < 1.29 is 9.53 Å². The molecule has 1 atom stereocenters. The average molecular weight is 449 g/mol. The number of fused-ring (bicyclic) bond motifs is 2. The molecule has 29 heavy (non-hydrogen) atoms. The molecule has 1 N–H and O–H groups in total. The van der Waals surface area contributed by atoms with Gasteiger partial charge in [0.15, 0.2) is 0 Å². The van der Waals surface area contributed by atoms with E-state index >= 15 is 0 Å². The highest BCUT2D eigenvalue weighted by Crippen LogP contribution is 2.34. The number of halogens is 1. The molecular weight excluding hydrogens is 432 g/mol. The molecule has 6 nitrogen and oxygen atoms in total. The largest absolute Gasteiger partial charge is 0.488 e. The number of anilines is 1. The van der Waals surface area contributed by atoms with E-state index in [1.165, 1.54) is 17.1 Å². The topological polar surface area (TPSA) is 69.0 Å². The summed E-state index contributed by atoms with van der Waals surface area (Å²) in [7, 11) is 0. The minimum Gasteiger partial charge on any atom is -0.488 e. The summed E-state index contributed by atoms with van der Waals surface area (Å²) in [5, 5.41) is 9.37. The summed E-state index contributed by atoms with van der Waals surface area (Å²) in [6, 6.07) is 20.2. The third kappa shape index (κ3) is 3.38. The number of aromatic nitrogens is 3. The number of hydrogen-bond donors (Lipinski definition) is 1. The Kier molecular flexibility index (Phi) is 4.52. The van der Waals surface area contributed by atoms with E-state index in [1.807, 2.05) is 36.4 Å². The molecule has 0 saturated heterocycles. The predicted molar refractivity (Wildman–Crippen MR) is 114 cm³/mol. The Hall–Kier alpha value is -3.19. The Morgan fingerprint density at radius 3 is 2.90 bits per heavy atom. The zero-order valence-corrected chi connectivity index (χ0v) is 17.0. The fraction of sp³-hybridized carbons (Fsp3) is 0.136. The van der Waals surface area contributed by atoms with Crippen molar-refractivity contribution in [2.24, 2.45) is 0 Å². The molecule has 4 aromatic rings. The first-order valence-electron chi connectivity index (χ1n) is 9.27. The number of nitrogens with zero attached hydrogens (tertiary/aromatic N) is 3. The molecule has 2 heterocycles. The fourth-order valence-corrected chi connectivity index (χ4v) is 4.19. The Bertz CT molecular complexity index is 1220. The van der Waals surface area contributed by atoms with E-state index in [1.54, 1.807) is 4.68 Å². The van der Waals surface area contributed by atoms with Crippen molar-refractivity contribution in [3.8, 4) is 5.75 Å². The molecule has 0 aliphatic carbocycles. The first kappa shape index (κ1) is 17.9. The highest BCUT2D eigenvalue weighted by atomic mass is 79.9. The van der Waals surface area contributed by atoms with Crippen molar-refractivity contribution in [2.75, 3.05) is 5.32 Å². The van der Waals surface area contributed by atoms with Crippen LogP contribution in [0.15, 0.2) is 71.5 Å². The van der Waals surface area contributed by atoms with E-state index in [4.69, 9.17) is 4.74 Å². The van der Waals surface area contributed by atoms with E-state index in [0.717, 1.165) is 21.3 Å². The highest BCUT2D eigenvalue weighted by molar-refractivity contribution is 9.10. The van der Waals surface area contributed by atoms with E-state index in [2.05, 4.69) is 55.6 Å². The van der Waals surface area contributed by atoms with Gasteiger partial charge in [-0.2, -0.15) is 10.1 Å². The summed E-state index contributed by atoms with van der Waals surface area (Å²) in [6.45, 7) is 0.471. The first-order chi connectivity index (χ1) is 14.2. The lowest BCUT2D eigenvalue weighted by atomic mass is 10.0. The van der Waals surface area contributed by atoms with E-state index in [0.29, 0.717) is 19.0 Å². The lowest BCUT2D eigenvalue weighted by Gasteiger charge is -2.24. The molecule has 3 aromatic carbocycles. The second-order valence-corrected chi connectivity index (χ2v) is 7.77. The zero-order chi connectivity index (χ0) is 19.8. The Balaban J connectivity index is 1.39. The monoisotopic (exact) mass is 448 g/mol. The van der Waals surface area contributed by atoms with E-state index in [9.17, 15) is 4.79 Å². The molecule has 0 unspecified atom stereocenters. The summed E-state index contributed by atoms with van der Waals surface area (Å²) >= 11 is 3.61. The molecule has 0 spiro atoms. The van der Waals surface area contributed by atoms with Crippen LogP contribution >= 0.6 is 15.9 Å². The SMILES string of the molecule is O=C1C[C@@H](c2ccc(OCc3cccc4ccccc34)c(Br)c2)n2ncnc2N1. The number of carbonyl (C=O) groups is 1. The minimum atomic E-state index is -0.190.